The van der Waals surface area contributed by atoms with Crippen molar-refractivity contribution in [3.63, 3.8) is 0 Å². The molecule has 0 saturated heterocycles. The molecule has 0 aromatic carbocycles. The van der Waals surface area contributed by atoms with Crippen molar-refractivity contribution >= 4 is 5.91 Å². The second kappa shape index (κ2) is 1.98. The lowest BCUT2D eigenvalue weighted by atomic mass is 10.4. The third-order valence-electron chi connectivity index (χ3n) is 1.59. The van der Waals surface area contributed by atoms with Crippen molar-refractivity contribution < 1.29 is 9.53 Å². The molecule has 0 unspecified atom stereocenters. The summed E-state index contributed by atoms with van der Waals surface area (Å²) in [6, 6.07) is 0.393. The molecule has 2 rings (SSSR count). The molecule has 0 radical (unpaired) electrons. The molecule has 1 aliphatic heterocycles. The second-order valence-corrected chi connectivity index (χ2v) is 2.26. The number of ether oxygens (including phenoxy) is 1. The van der Waals surface area contributed by atoms with Crippen LogP contribution in [0.1, 0.15) is 16.2 Å². The topological polar surface area (TPSA) is 67.0 Å². The highest BCUT2D eigenvalue weighted by molar-refractivity contribution is 5.96. The summed E-state index contributed by atoms with van der Waals surface area (Å²) < 4.78 is 4.81. The fraction of sp³-hybridized carbons (Fsp3) is 0.333. The zero-order valence-electron chi connectivity index (χ0n) is 5.97. The van der Waals surface area contributed by atoms with Crippen LogP contribution in [0.3, 0.4) is 0 Å². The van der Waals surface area contributed by atoms with Gasteiger partial charge in [0.2, 0.25) is 0 Å². The van der Waals surface area contributed by atoms with Crippen LogP contribution in [-0.2, 0) is 6.54 Å². The average Bonchev–Trinajstić information content (AvgIpc) is 2.53. The molecule has 0 atom stereocenters. The maximum atomic E-state index is 10.9. The highest BCUT2D eigenvalue weighted by Gasteiger charge is 2.23. The summed E-state index contributed by atoms with van der Waals surface area (Å²) in [4.78, 5) is 17.7. The van der Waals surface area contributed by atoms with E-state index in [9.17, 15) is 4.79 Å². The number of amides is 1. The first kappa shape index (κ1) is 6.21. The van der Waals surface area contributed by atoms with Crippen molar-refractivity contribution in [3.8, 4) is 6.01 Å². The number of carbonyl (C=O) groups is 1. The van der Waals surface area contributed by atoms with E-state index >= 15 is 0 Å². The second-order valence-electron chi connectivity index (χ2n) is 2.26. The summed E-state index contributed by atoms with van der Waals surface area (Å²) in [6.07, 6.45) is 0. The molecule has 2 heterocycles. The number of hydrogen-bond acceptors (Lipinski definition) is 3. The van der Waals surface area contributed by atoms with E-state index < -0.39 is 0 Å². The summed E-state index contributed by atoms with van der Waals surface area (Å²) in [7, 11) is 1.51. The molecule has 1 amide bonds. The van der Waals surface area contributed by atoms with E-state index in [1.54, 1.807) is 0 Å². The Balaban J connectivity index is 2.46. The summed E-state index contributed by atoms with van der Waals surface area (Å²) >= 11 is 0. The summed E-state index contributed by atoms with van der Waals surface area (Å²) in [5, 5.41) is 2.63. The first-order valence-corrected chi connectivity index (χ1v) is 3.22. The zero-order valence-corrected chi connectivity index (χ0v) is 5.97. The van der Waals surface area contributed by atoms with Crippen LogP contribution in [-0.4, -0.2) is 23.0 Å². The van der Waals surface area contributed by atoms with Crippen LogP contribution in [0, 0.1) is 0 Å². The Bertz CT molecular complexity index is 305. The highest BCUT2D eigenvalue weighted by Crippen LogP contribution is 2.15. The number of nitrogens with zero attached hydrogens (tertiary/aromatic N) is 1. The van der Waals surface area contributed by atoms with Gasteiger partial charge in [-0.05, 0) is 0 Å². The summed E-state index contributed by atoms with van der Waals surface area (Å²) in [6.45, 7) is 0.518. The van der Waals surface area contributed by atoms with E-state index in [2.05, 4.69) is 15.3 Å². The number of aromatic amines is 1. The molecule has 0 aliphatic carbocycles. The van der Waals surface area contributed by atoms with Gasteiger partial charge in [-0.25, -0.2) is 0 Å². The van der Waals surface area contributed by atoms with Crippen LogP contribution in [0.15, 0.2) is 0 Å². The normalized spacial score (nSPS) is 14.5. The highest BCUT2D eigenvalue weighted by atomic mass is 16.5. The molecule has 0 bridgehead atoms. The van der Waals surface area contributed by atoms with Gasteiger partial charge in [-0.2, -0.15) is 4.98 Å². The van der Waals surface area contributed by atoms with Crippen LogP contribution in [0.5, 0.6) is 6.01 Å². The number of methoxy groups -OCH3 is 1. The molecule has 2 N–H and O–H groups in total. The summed E-state index contributed by atoms with van der Waals surface area (Å²) in [5.74, 6) is -0.139. The van der Waals surface area contributed by atoms with Gasteiger partial charge in [-0.3, -0.25) is 4.79 Å². The van der Waals surface area contributed by atoms with Gasteiger partial charge in [-0.15, -0.1) is 0 Å². The Morgan fingerprint density at radius 3 is 3.09 bits per heavy atom. The van der Waals surface area contributed by atoms with Gasteiger partial charge in [0, 0.05) is 0 Å². The van der Waals surface area contributed by atoms with Crippen LogP contribution < -0.4 is 10.1 Å². The molecule has 5 heteroatoms. The van der Waals surface area contributed by atoms with E-state index in [4.69, 9.17) is 4.74 Å². The minimum absolute atomic E-state index is 0.139. The largest absolute Gasteiger partial charge is 0.468 e. The third-order valence-corrected chi connectivity index (χ3v) is 1.59. The lowest BCUT2D eigenvalue weighted by Crippen LogP contribution is -2.13. The SMILES string of the molecule is COc1nc2c([nH]1)CNC2=O. The number of H-pyrrole nitrogens is 1. The first-order valence-electron chi connectivity index (χ1n) is 3.22. The van der Waals surface area contributed by atoms with Gasteiger partial charge in [-0.1, -0.05) is 0 Å². The molecule has 11 heavy (non-hydrogen) atoms. The maximum absolute atomic E-state index is 10.9. The number of rotatable bonds is 1. The third kappa shape index (κ3) is 0.772. The molecule has 0 fully saturated rings. The lowest BCUT2D eigenvalue weighted by Gasteiger charge is -1.91. The monoisotopic (exact) mass is 153 g/mol. The Labute approximate surface area is 62.8 Å². The number of carbonyl (C=O) groups excluding carboxylic acids is 1. The summed E-state index contributed by atoms with van der Waals surface area (Å²) in [5.41, 5.74) is 1.24. The van der Waals surface area contributed by atoms with Gasteiger partial charge < -0.3 is 15.0 Å². The van der Waals surface area contributed by atoms with Gasteiger partial charge in [0.15, 0.2) is 5.69 Å². The zero-order chi connectivity index (χ0) is 7.84. The first-order chi connectivity index (χ1) is 5.31. The molecule has 58 valence electrons. The number of nitrogens with one attached hydrogen (secondary N) is 2. The quantitative estimate of drug-likeness (QED) is 0.580. The molecule has 5 nitrogen and oxygen atoms in total. The van der Waals surface area contributed by atoms with Crippen LogP contribution >= 0.6 is 0 Å². The molecular formula is C6H7N3O2. The van der Waals surface area contributed by atoms with E-state index in [0.29, 0.717) is 18.2 Å². The molecule has 0 spiro atoms. The lowest BCUT2D eigenvalue weighted by molar-refractivity contribution is 0.0960. The molecular weight excluding hydrogens is 146 g/mol. The van der Waals surface area contributed by atoms with Crippen molar-refractivity contribution in [1.29, 1.82) is 0 Å². The predicted molar refractivity (Wildman–Crippen MR) is 36.3 cm³/mol. The number of imidazole rings is 1. The molecule has 1 aromatic rings. The Morgan fingerprint density at radius 1 is 1.64 bits per heavy atom. The van der Waals surface area contributed by atoms with Crippen molar-refractivity contribution in [2.45, 2.75) is 6.54 Å². The van der Waals surface area contributed by atoms with Crippen molar-refractivity contribution in [2.24, 2.45) is 0 Å². The molecule has 1 aliphatic rings. The Hall–Kier alpha value is -1.52. The maximum Gasteiger partial charge on any atom is 0.294 e. The minimum Gasteiger partial charge on any atom is -0.468 e. The van der Waals surface area contributed by atoms with Gasteiger partial charge in [0.25, 0.3) is 11.9 Å². The fourth-order valence-electron chi connectivity index (χ4n) is 1.05. The van der Waals surface area contributed by atoms with E-state index in [1.165, 1.54) is 7.11 Å². The van der Waals surface area contributed by atoms with Crippen molar-refractivity contribution in [2.75, 3.05) is 7.11 Å². The fourth-order valence-corrected chi connectivity index (χ4v) is 1.05. The molecule has 1 aromatic heterocycles. The standard InChI is InChI=1S/C6H7N3O2/c1-11-6-8-3-2-7-5(10)4(3)9-6/h2H2,1H3,(H,7,10)(H,8,9). The average molecular weight is 153 g/mol. The van der Waals surface area contributed by atoms with Crippen molar-refractivity contribution in [1.82, 2.24) is 15.3 Å². The van der Waals surface area contributed by atoms with Gasteiger partial charge >= 0.3 is 0 Å². The van der Waals surface area contributed by atoms with Crippen LogP contribution in [0.4, 0.5) is 0 Å². The predicted octanol–water partition coefficient (Wildman–Crippen LogP) is -0.338. The van der Waals surface area contributed by atoms with E-state index in [1.807, 2.05) is 0 Å². The van der Waals surface area contributed by atoms with E-state index in [-0.39, 0.29) is 5.91 Å². The van der Waals surface area contributed by atoms with Gasteiger partial charge in [0.05, 0.1) is 19.3 Å². The number of aromatic nitrogens is 2. The Morgan fingerprint density at radius 2 is 2.45 bits per heavy atom. The van der Waals surface area contributed by atoms with Crippen LogP contribution in [0.2, 0.25) is 0 Å². The smallest absolute Gasteiger partial charge is 0.294 e. The van der Waals surface area contributed by atoms with Gasteiger partial charge in [0.1, 0.15) is 0 Å². The van der Waals surface area contributed by atoms with E-state index in [0.717, 1.165) is 5.69 Å². The minimum atomic E-state index is -0.139. The molecule has 0 saturated carbocycles. The number of fused-ring (bicyclic) bond motifs is 1. The number of hydrogen-bond donors (Lipinski definition) is 2. The van der Waals surface area contributed by atoms with Crippen LogP contribution in [0.25, 0.3) is 0 Å². The van der Waals surface area contributed by atoms with Crippen molar-refractivity contribution in [3.05, 3.63) is 11.4 Å². The Kier molecular flexibility index (Phi) is 1.12.